The fourth-order valence-electron chi connectivity index (χ4n) is 1.09. The Hall–Kier alpha value is -0.770. The van der Waals surface area contributed by atoms with Crippen molar-refractivity contribution in [3.63, 3.8) is 0 Å². The SMILES string of the molecule is CC1COC(=O)O1.CCN(CC)CC. The number of hydrogen-bond acceptors (Lipinski definition) is 4. The van der Waals surface area contributed by atoms with Crippen molar-refractivity contribution in [3.05, 3.63) is 0 Å². The second-order valence-corrected chi connectivity index (χ2v) is 3.11. The number of ether oxygens (including phenoxy) is 2. The highest BCUT2D eigenvalue weighted by Crippen LogP contribution is 2.02. The summed E-state index contributed by atoms with van der Waals surface area (Å²) < 4.78 is 8.90. The summed E-state index contributed by atoms with van der Waals surface area (Å²) in [5, 5.41) is 0. The molecular formula is C10H21NO3. The van der Waals surface area contributed by atoms with Gasteiger partial charge < -0.3 is 14.4 Å². The van der Waals surface area contributed by atoms with E-state index >= 15 is 0 Å². The number of nitrogens with zero attached hydrogens (tertiary/aromatic N) is 1. The lowest BCUT2D eigenvalue weighted by Crippen LogP contribution is -2.21. The second kappa shape index (κ2) is 7.62. The first-order valence-corrected chi connectivity index (χ1v) is 5.19. The highest BCUT2D eigenvalue weighted by atomic mass is 16.8. The van der Waals surface area contributed by atoms with Crippen LogP contribution in [0.15, 0.2) is 0 Å². The first-order chi connectivity index (χ1) is 6.63. The van der Waals surface area contributed by atoms with Crippen molar-refractivity contribution in [2.45, 2.75) is 33.8 Å². The van der Waals surface area contributed by atoms with E-state index in [9.17, 15) is 4.79 Å². The zero-order chi connectivity index (χ0) is 11.0. The molecule has 0 aromatic heterocycles. The van der Waals surface area contributed by atoms with Crippen LogP contribution in [0.2, 0.25) is 0 Å². The summed E-state index contributed by atoms with van der Waals surface area (Å²) in [6, 6.07) is 0. The molecule has 1 atom stereocenters. The Kier molecular flexibility index (Phi) is 7.20. The van der Waals surface area contributed by atoms with Crippen molar-refractivity contribution in [1.29, 1.82) is 0 Å². The summed E-state index contributed by atoms with van der Waals surface area (Å²) in [4.78, 5) is 12.4. The predicted octanol–water partition coefficient (Wildman–Crippen LogP) is 1.89. The van der Waals surface area contributed by atoms with E-state index in [-0.39, 0.29) is 6.10 Å². The molecule has 0 spiro atoms. The van der Waals surface area contributed by atoms with Gasteiger partial charge in [0.25, 0.3) is 0 Å². The molecule has 1 heterocycles. The predicted molar refractivity (Wildman–Crippen MR) is 55.4 cm³/mol. The van der Waals surface area contributed by atoms with Gasteiger partial charge in [-0.1, -0.05) is 20.8 Å². The lowest BCUT2D eigenvalue weighted by atomic mass is 10.5. The largest absolute Gasteiger partial charge is 0.508 e. The van der Waals surface area contributed by atoms with Crippen LogP contribution in [-0.2, 0) is 9.47 Å². The molecule has 0 saturated carbocycles. The van der Waals surface area contributed by atoms with Gasteiger partial charge in [-0.05, 0) is 26.6 Å². The number of carbonyl (C=O) groups is 1. The van der Waals surface area contributed by atoms with E-state index < -0.39 is 6.16 Å². The molecule has 1 rings (SSSR count). The van der Waals surface area contributed by atoms with Crippen LogP contribution in [0.3, 0.4) is 0 Å². The molecule has 0 aliphatic carbocycles. The molecule has 1 saturated heterocycles. The third kappa shape index (κ3) is 5.80. The third-order valence-corrected chi connectivity index (χ3v) is 2.07. The molecule has 0 aromatic rings. The van der Waals surface area contributed by atoms with Gasteiger partial charge >= 0.3 is 6.16 Å². The molecule has 4 heteroatoms. The van der Waals surface area contributed by atoms with Crippen molar-refractivity contribution >= 4 is 6.16 Å². The summed E-state index contributed by atoms with van der Waals surface area (Å²) >= 11 is 0. The van der Waals surface area contributed by atoms with Crippen molar-refractivity contribution < 1.29 is 14.3 Å². The Morgan fingerprint density at radius 3 is 1.86 bits per heavy atom. The zero-order valence-electron chi connectivity index (χ0n) is 9.58. The molecule has 1 fully saturated rings. The Morgan fingerprint density at radius 1 is 1.29 bits per heavy atom. The quantitative estimate of drug-likeness (QED) is 0.657. The Balaban J connectivity index is 0.000000241. The normalized spacial score (nSPS) is 19.8. The van der Waals surface area contributed by atoms with E-state index in [0.717, 1.165) is 0 Å². The van der Waals surface area contributed by atoms with Crippen LogP contribution in [0.1, 0.15) is 27.7 Å². The fourth-order valence-corrected chi connectivity index (χ4v) is 1.09. The third-order valence-electron chi connectivity index (χ3n) is 2.07. The van der Waals surface area contributed by atoms with E-state index in [4.69, 9.17) is 0 Å². The lowest BCUT2D eigenvalue weighted by molar-refractivity contribution is 0.121. The molecule has 84 valence electrons. The van der Waals surface area contributed by atoms with Crippen LogP contribution >= 0.6 is 0 Å². The number of carbonyl (C=O) groups excluding carboxylic acids is 1. The zero-order valence-corrected chi connectivity index (χ0v) is 9.58. The number of cyclic esters (lactones) is 2. The van der Waals surface area contributed by atoms with Gasteiger partial charge in [0, 0.05) is 0 Å². The Morgan fingerprint density at radius 2 is 1.79 bits per heavy atom. The molecular weight excluding hydrogens is 182 g/mol. The number of hydrogen-bond donors (Lipinski definition) is 0. The summed E-state index contributed by atoms with van der Waals surface area (Å²) in [7, 11) is 0. The standard InChI is InChI=1S/C6H15N.C4H6O3/c1-4-7(5-2)6-3;1-3-2-6-4(5)7-3/h4-6H2,1-3H3;3H,2H2,1H3. The molecule has 4 nitrogen and oxygen atoms in total. The molecule has 1 unspecified atom stereocenters. The summed E-state index contributed by atoms with van der Waals surface area (Å²) in [5.74, 6) is 0. The van der Waals surface area contributed by atoms with E-state index in [1.54, 1.807) is 6.92 Å². The minimum absolute atomic E-state index is 0.0486. The van der Waals surface area contributed by atoms with Crippen molar-refractivity contribution in [2.24, 2.45) is 0 Å². The van der Waals surface area contributed by atoms with E-state index in [1.807, 2.05) is 0 Å². The first-order valence-electron chi connectivity index (χ1n) is 5.19. The highest BCUT2D eigenvalue weighted by molar-refractivity contribution is 5.61. The van der Waals surface area contributed by atoms with Crippen LogP contribution in [0.4, 0.5) is 4.79 Å². The fraction of sp³-hybridized carbons (Fsp3) is 0.900. The van der Waals surface area contributed by atoms with Gasteiger partial charge in [0.05, 0.1) is 0 Å². The van der Waals surface area contributed by atoms with Crippen LogP contribution < -0.4 is 0 Å². The van der Waals surface area contributed by atoms with Crippen molar-refractivity contribution in [2.75, 3.05) is 26.2 Å². The average Bonchev–Trinajstić information content (AvgIpc) is 2.54. The molecule has 0 radical (unpaired) electrons. The minimum Gasteiger partial charge on any atom is -0.430 e. The highest BCUT2D eigenvalue weighted by Gasteiger charge is 2.19. The lowest BCUT2D eigenvalue weighted by Gasteiger charge is -2.13. The Labute approximate surface area is 86.2 Å². The molecule has 14 heavy (non-hydrogen) atoms. The van der Waals surface area contributed by atoms with E-state index in [2.05, 4.69) is 35.1 Å². The maximum atomic E-state index is 10.0. The molecule has 0 aromatic carbocycles. The van der Waals surface area contributed by atoms with Gasteiger partial charge in [-0.3, -0.25) is 0 Å². The maximum absolute atomic E-state index is 10.0. The van der Waals surface area contributed by atoms with Gasteiger partial charge in [-0.15, -0.1) is 0 Å². The van der Waals surface area contributed by atoms with Gasteiger partial charge in [0.2, 0.25) is 0 Å². The molecule has 1 aliphatic rings. The van der Waals surface area contributed by atoms with Crippen LogP contribution in [-0.4, -0.2) is 43.4 Å². The monoisotopic (exact) mass is 203 g/mol. The van der Waals surface area contributed by atoms with Gasteiger partial charge in [-0.2, -0.15) is 0 Å². The van der Waals surface area contributed by atoms with Crippen molar-refractivity contribution in [3.8, 4) is 0 Å². The van der Waals surface area contributed by atoms with E-state index in [1.165, 1.54) is 19.6 Å². The smallest absolute Gasteiger partial charge is 0.430 e. The average molecular weight is 203 g/mol. The summed E-state index contributed by atoms with van der Waals surface area (Å²) in [6.45, 7) is 12.3. The molecule has 0 bridgehead atoms. The topological polar surface area (TPSA) is 38.8 Å². The minimum atomic E-state index is -0.549. The van der Waals surface area contributed by atoms with Crippen molar-refractivity contribution in [1.82, 2.24) is 4.90 Å². The molecule has 0 N–H and O–H groups in total. The van der Waals surface area contributed by atoms with Gasteiger partial charge in [-0.25, -0.2) is 4.79 Å². The Bertz CT molecular complexity index is 152. The summed E-state index contributed by atoms with van der Waals surface area (Å²) in [6.07, 6.45) is -0.597. The first kappa shape index (κ1) is 13.2. The van der Waals surface area contributed by atoms with Gasteiger partial charge in [0.1, 0.15) is 12.7 Å². The summed E-state index contributed by atoms with van der Waals surface area (Å²) in [5.41, 5.74) is 0. The maximum Gasteiger partial charge on any atom is 0.508 e. The second-order valence-electron chi connectivity index (χ2n) is 3.11. The van der Waals surface area contributed by atoms with Crippen LogP contribution in [0.5, 0.6) is 0 Å². The van der Waals surface area contributed by atoms with Crippen LogP contribution in [0.25, 0.3) is 0 Å². The molecule has 0 amide bonds. The van der Waals surface area contributed by atoms with Crippen LogP contribution in [0, 0.1) is 0 Å². The number of rotatable bonds is 3. The van der Waals surface area contributed by atoms with Gasteiger partial charge in [0.15, 0.2) is 0 Å². The van der Waals surface area contributed by atoms with E-state index in [0.29, 0.717) is 6.61 Å². The molecule has 1 aliphatic heterocycles.